The van der Waals surface area contributed by atoms with Gasteiger partial charge in [0.1, 0.15) is 0 Å². The highest BCUT2D eigenvalue weighted by atomic mass is 16.2. The van der Waals surface area contributed by atoms with Crippen molar-refractivity contribution >= 4 is 5.91 Å². The summed E-state index contributed by atoms with van der Waals surface area (Å²) in [6.45, 7) is 3.26. The molecule has 1 saturated heterocycles. The maximum absolute atomic E-state index is 12.0. The van der Waals surface area contributed by atoms with Gasteiger partial charge in [0.05, 0.1) is 0 Å². The van der Waals surface area contributed by atoms with Crippen molar-refractivity contribution in [2.75, 3.05) is 13.6 Å². The predicted molar refractivity (Wildman–Crippen MR) is 60.6 cm³/mol. The molecule has 0 aromatic rings. The molecule has 2 atom stereocenters. The molecular weight excluding hydrogens is 188 g/mol. The van der Waals surface area contributed by atoms with Gasteiger partial charge in [0, 0.05) is 25.6 Å². The van der Waals surface area contributed by atoms with Crippen LogP contribution < -0.4 is 5.32 Å². The molecule has 3 nitrogen and oxygen atoms in total. The van der Waals surface area contributed by atoms with Crippen molar-refractivity contribution in [3.05, 3.63) is 0 Å². The van der Waals surface area contributed by atoms with Crippen LogP contribution in [0.5, 0.6) is 0 Å². The molecule has 86 valence electrons. The summed E-state index contributed by atoms with van der Waals surface area (Å²) >= 11 is 0. The van der Waals surface area contributed by atoms with Crippen LogP contribution in [-0.4, -0.2) is 36.5 Å². The van der Waals surface area contributed by atoms with E-state index in [4.69, 9.17) is 0 Å². The van der Waals surface area contributed by atoms with Crippen LogP contribution in [0.3, 0.4) is 0 Å². The summed E-state index contributed by atoms with van der Waals surface area (Å²) in [6.07, 6.45) is 5.69. The maximum Gasteiger partial charge on any atom is 0.224 e. The lowest BCUT2D eigenvalue weighted by Gasteiger charge is -2.26. The van der Waals surface area contributed by atoms with Gasteiger partial charge in [-0.1, -0.05) is 0 Å². The summed E-state index contributed by atoms with van der Waals surface area (Å²) in [5.41, 5.74) is 0. The van der Waals surface area contributed by atoms with Gasteiger partial charge in [-0.05, 0) is 45.1 Å². The maximum atomic E-state index is 12.0. The summed E-state index contributed by atoms with van der Waals surface area (Å²) < 4.78 is 0. The van der Waals surface area contributed by atoms with Crippen molar-refractivity contribution in [2.45, 2.75) is 51.1 Å². The number of nitrogens with zero attached hydrogens (tertiary/aromatic N) is 1. The third-order valence-corrected chi connectivity index (χ3v) is 3.89. The van der Waals surface area contributed by atoms with Gasteiger partial charge >= 0.3 is 0 Å². The first kappa shape index (κ1) is 10.9. The van der Waals surface area contributed by atoms with Gasteiger partial charge in [0.15, 0.2) is 0 Å². The minimum atomic E-state index is 0.314. The van der Waals surface area contributed by atoms with E-state index in [1.54, 1.807) is 0 Å². The van der Waals surface area contributed by atoms with E-state index in [1.165, 1.54) is 19.3 Å². The van der Waals surface area contributed by atoms with E-state index in [0.29, 0.717) is 24.4 Å². The molecule has 15 heavy (non-hydrogen) atoms. The second kappa shape index (κ2) is 4.52. The summed E-state index contributed by atoms with van der Waals surface area (Å²) in [5.74, 6) is 1.09. The Labute approximate surface area is 92.2 Å². The van der Waals surface area contributed by atoms with E-state index in [0.717, 1.165) is 18.9 Å². The molecule has 1 heterocycles. The molecule has 2 aliphatic rings. The summed E-state index contributed by atoms with van der Waals surface area (Å²) in [6, 6.07) is 0.880. The van der Waals surface area contributed by atoms with Crippen molar-refractivity contribution in [3.8, 4) is 0 Å². The number of nitrogens with one attached hydrogen (secondary N) is 1. The van der Waals surface area contributed by atoms with E-state index < -0.39 is 0 Å². The van der Waals surface area contributed by atoms with Crippen LogP contribution in [0.1, 0.15) is 39.0 Å². The highest BCUT2D eigenvalue weighted by Gasteiger charge is 2.33. The first-order chi connectivity index (χ1) is 7.18. The predicted octanol–water partition coefficient (Wildman–Crippen LogP) is 1.39. The minimum absolute atomic E-state index is 0.314. The van der Waals surface area contributed by atoms with Gasteiger partial charge in [-0.15, -0.1) is 0 Å². The van der Waals surface area contributed by atoms with Crippen LogP contribution in [0, 0.1) is 5.92 Å². The highest BCUT2D eigenvalue weighted by Crippen LogP contribution is 2.34. The Hall–Kier alpha value is -0.570. The summed E-state index contributed by atoms with van der Waals surface area (Å²) in [7, 11) is 1.96. The molecule has 0 aromatic carbocycles. The molecule has 0 bridgehead atoms. The van der Waals surface area contributed by atoms with E-state index >= 15 is 0 Å². The molecule has 0 aromatic heterocycles. The molecule has 2 unspecified atom stereocenters. The van der Waals surface area contributed by atoms with Gasteiger partial charge in [0.25, 0.3) is 0 Å². The Balaban J connectivity index is 1.78. The molecule has 1 aliphatic heterocycles. The topological polar surface area (TPSA) is 32.3 Å². The van der Waals surface area contributed by atoms with Gasteiger partial charge in [0.2, 0.25) is 5.91 Å². The first-order valence-electron chi connectivity index (χ1n) is 6.17. The van der Waals surface area contributed by atoms with Crippen LogP contribution in [0.25, 0.3) is 0 Å². The lowest BCUT2D eigenvalue weighted by molar-refractivity contribution is -0.132. The Kier molecular flexibility index (Phi) is 3.29. The number of hydrogen-bond donors (Lipinski definition) is 1. The zero-order valence-corrected chi connectivity index (χ0v) is 9.83. The van der Waals surface area contributed by atoms with Crippen molar-refractivity contribution in [3.63, 3.8) is 0 Å². The SMILES string of the molecule is CC(C1CC1)N(C)C(=O)CC1CCCN1. The number of hydrogen-bond acceptors (Lipinski definition) is 2. The lowest BCUT2D eigenvalue weighted by Crippen LogP contribution is -2.39. The largest absolute Gasteiger partial charge is 0.343 e. The molecule has 1 N–H and O–H groups in total. The molecular formula is C12H22N2O. The standard InChI is InChI=1S/C12H22N2O/c1-9(10-5-6-10)14(2)12(15)8-11-4-3-7-13-11/h9-11,13H,3-8H2,1-2H3. The molecule has 0 spiro atoms. The minimum Gasteiger partial charge on any atom is -0.343 e. The molecule has 2 fully saturated rings. The third-order valence-electron chi connectivity index (χ3n) is 3.89. The Bertz CT molecular complexity index is 232. The zero-order valence-electron chi connectivity index (χ0n) is 9.83. The van der Waals surface area contributed by atoms with Gasteiger partial charge < -0.3 is 10.2 Å². The fourth-order valence-electron chi connectivity index (χ4n) is 2.41. The quantitative estimate of drug-likeness (QED) is 0.760. The lowest BCUT2D eigenvalue weighted by atomic mass is 10.1. The van der Waals surface area contributed by atoms with Crippen LogP contribution >= 0.6 is 0 Å². The number of rotatable bonds is 4. The highest BCUT2D eigenvalue weighted by molar-refractivity contribution is 5.77. The Morgan fingerprint density at radius 3 is 2.73 bits per heavy atom. The average Bonchev–Trinajstić information content (AvgIpc) is 2.96. The first-order valence-corrected chi connectivity index (χ1v) is 6.17. The van der Waals surface area contributed by atoms with Gasteiger partial charge in [-0.2, -0.15) is 0 Å². The molecule has 0 radical (unpaired) electrons. The van der Waals surface area contributed by atoms with Gasteiger partial charge in [-0.3, -0.25) is 4.79 Å². The Morgan fingerprint density at radius 2 is 2.20 bits per heavy atom. The summed E-state index contributed by atoms with van der Waals surface area (Å²) in [5, 5.41) is 3.38. The van der Waals surface area contributed by atoms with Gasteiger partial charge in [-0.25, -0.2) is 0 Å². The number of carbonyl (C=O) groups is 1. The smallest absolute Gasteiger partial charge is 0.224 e. The molecule has 1 saturated carbocycles. The van der Waals surface area contributed by atoms with E-state index in [1.807, 2.05) is 11.9 Å². The van der Waals surface area contributed by atoms with Crippen molar-refractivity contribution < 1.29 is 4.79 Å². The molecule has 2 rings (SSSR count). The normalized spacial score (nSPS) is 27.7. The fourth-order valence-corrected chi connectivity index (χ4v) is 2.41. The zero-order chi connectivity index (χ0) is 10.8. The second-order valence-electron chi connectivity index (χ2n) is 5.08. The Morgan fingerprint density at radius 1 is 1.47 bits per heavy atom. The number of carbonyl (C=O) groups excluding carboxylic acids is 1. The second-order valence-corrected chi connectivity index (χ2v) is 5.08. The van der Waals surface area contributed by atoms with E-state index in [9.17, 15) is 4.79 Å². The van der Waals surface area contributed by atoms with Crippen molar-refractivity contribution in [2.24, 2.45) is 5.92 Å². The average molecular weight is 210 g/mol. The van der Waals surface area contributed by atoms with E-state index in [2.05, 4.69) is 12.2 Å². The molecule has 1 amide bonds. The summed E-state index contributed by atoms with van der Waals surface area (Å²) in [4.78, 5) is 13.9. The van der Waals surface area contributed by atoms with Crippen molar-refractivity contribution in [1.29, 1.82) is 0 Å². The monoisotopic (exact) mass is 210 g/mol. The van der Waals surface area contributed by atoms with Crippen LogP contribution in [0.2, 0.25) is 0 Å². The van der Waals surface area contributed by atoms with Crippen LogP contribution in [-0.2, 0) is 4.79 Å². The molecule has 3 heteroatoms. The third kappa shape index (κ3) is 2.71. The number of amides is 1. The fraction of sp³-hybridized carbons (Fsp3) is 0.917. The molecule has 1 aliphatic carbocycles. The van der Waals surface area contributed by atoms with E-state index in [-0.39, 0.29) is 0 Å². The van der Waals surface area contributed by atoms with Crippen molar-refractivity contribution in [1.82, 2.24) is 10.2 Å². The van der Waals surface area contributed by atoms with Crippen LogP contribution in [0.4, 0.5) is 0 Å². The van der Waals surface area contributed by atoms with Crippen LogP contribution in [0.15, 0.2) is 0 Å².